The van der Waals surface area contributed by atoms with E-state index in [0.29, 0.717) is 19.0 Å². The number of H-pyrrole nitrogens is 1. The molecule has 210 valence electrons. The van der Waals surface area contributed by atoms with Crippen LogP contribution in [0.3, 0.4) is 0 Å². The van der Waals surface area contributed by atoms with Gasteiger partial charge in [-0.15, -0.1) is 0 Å². The van der Waals surface area contributed by atoms with Crippen molar-refractivity contribution in [3.05, 3.63) is 71.8 Å². The molecule has 1 aromatic carbocycles. The molecule has 0 bridgehead atoms. The summed E-state index contributed by atoms with van der Waals surface area (Å²) >= 11 is 0. The third-order valence-electron chi connectivity index (χ3n) is 8.51. The molecule has 2 atom stereocenters. The highest BCUT2D eigenvalue weighted by Crippen LogP contribution is 2.44. The molecule has 2 fully saturated rings. The topological polar surface area (TPSA) is 102 Å². The fraction of sp³-hybridized carbons (Fsp3) is 0.567. The van der Waals surface area contributed by atoms with Gasteiger partial charge in [0.25, 0.3) is 0 Å². The first kappa shape index (κ1) is 27.6. The molecule has 4 heterocycles. The van der Waals surface area contributed by atoms with E-state index in [1.54, 1.807) is 6.20 Å². The lowest BCUT2D eigenvalue weighted by molar-refractivity contribution is -0.142. The normalized spacial score (nSPS) is 20.7. The van der Waals surface area contributed by atoms with Gasteiger partial charge in [0.1, 0.15) is 17.7 Å². The molecule has 2 aromatic heterocycles. The van der Waals surface area contributed by atoms with Gasteiger partial charge in [0.2, 0.25) is 0 Å². The Balaban J connectivity index is 1.19. The van der Waals surface area contributed by atoms with E-state index >= 15 is 0 Å². The van der Waals surface area contributed by atoms with Crippen molar-refractivity contribution in [3.63, 3.8) is 0 Å². The molecule has 3 N–H and O–H groups in total. The minimum absolute atomic E-state index is 0.0277. The van der Waals surface area contributed by atoms with Gasteiger partial charge in [0.15, 0.2) is 0 Å². The van der Waals surface area contributed by atoms with Crippen molar-refractivity contribution in [3.8, 4) is 0 Å². The lowest BCUT2D eigenvalue weighted by Crippen LogP contribution is -2.42. The molecule has 2 saturated heterocycles. The number of nitrogens with one attached hydrogen (secondary N) is 2. The molecule has 0 saturated carbocycles. The lowest BCUT2D eigenvalue weighted by Gasteiger charge is -2.40. The van der Waals surface area contributed by atoms with Gasteiger partial charge in [-0.2, -0.15) is 0 Å². The van der Waals surface area contributed by atoms with Crippen molar-refractivity contribution < 1.29 is 9.90 Å². The number of carboxylic acids is 1. The van der Waals surface area contributed by atoms with Crippen molar-refractivity contribution in [2.45, 2.75) is 64.7 Å². The summed E-state index contributed by atoms with van der Waals surface area (Å²) in [6, 6.07) is 8.22. The van der Waals surface area contributed by atoms with Crippen LogP contribution in [0.1, 0.15) is 61.9 Å². The van der Waals surface area contributed by atoms with Gasteiger partial charge in [-0.05, 0) is 54.8 Å². The number of aromatic nitrogens is 4. The highest BCUT2D eigenvalue weighted by molar-refractivity contribution is 5.74. The number of aromatic amines is 1. The number of imidazole rings is 2. The van der Waals surface area contributed by atoms with Crippen LogP contribution in [0.5, 0.6) is 0 Å². The molecule has 5 rings (SSSR count). The second-order valence-corrected chi connectivity index (χ2v) is 12.0. The number of hydrogen-bond donors (Lipinski definition) is 3. The van der Waals surface area contributed by atoms with Crippen LogP contribution in [0.25, 0.3) is 0 Å². The standard InChI is InChI=1S/C30H43N7O2/c1-22(2)19-36-13-8-30(9-14-36)17-26(29(38)39)37(21-30)20-24-6-4-23(5-7-24)18-34-25(16-27-31-10-11-32-27)28-33-12-15-35(28)3/h4-7,10-12,15,22,25-26,34H,8-9,13-14,16-21H2,1-3H3,(H,31,32)(H,38,39). The quantitative estimate of drug-likeness (QED) is 0.346. The molecule has 0 amide bonds. The summed E-state index contributed by atoms with van der Waals surface area (Å²) in [5.41, 5.74) is 2.48. The maximum atomic E-state index is 12.2. The highest BCUT2D eigenvalue weighted by Gasteiger charge is 2.47. The largest absolute Gasteiger partial charge is 0.480 e. The van der Waals surface area contributed by atoms with E-state index in [1.807, 2.05) is 30.2 Å². The van der Waals surface area contributed by atoms with E-state index in [1.165, 1.54) is 5.56 Å². The molecule has 9 heteroatoms. The van der Waals surface area contributed by atoms with Crippen molar-refractivity contribution in [1.29, 1.82) is 0 Å². The van der Waals surface area contributed by atoms with Crippen LogP contribution < -0.4 is 5.32 Å². The Morgan fingerprint density at radius 3 is 2.51 bits per heavy atom. The number of benzene rings is 1. The number of nitrogens with zero attached hydrogens (tertiary/aromatic N) is 5. The van der Waals surface area contributed by atoms with Crippen LogP contribution in [0.2, 0.25) is 0 Å². The third-order valence-corrected chi connectivity index (χ3v) is 8.51. The molecule has 2 aliphatic rings. The molecule has 3 aromatic rings. The first-order valence-electron chi connectivity index (χ1n) is 14.3. The molecular formula is C30H43N7O2. The molecule has 39 heavy (non-hydrogen) atoms. The van der Waals surface area contributed by atoms with E-state index in [2.05, 4.69) is 68.2 Å². The minimum atomic E-state index is -0.686. The average molecular weight is 534 g/mol. The maximum Gasteiger partial charge on any atom is 0.320 e. The summed E-state index contributed by atoms with van der Waals surface area (Å²) in [6.07, 6.45) is 11.1. The van der Waals surface area contributed by atoms with Crippen LogP contribution in [-0.4, -0.2) is 72.6 Å². The molecule has 0 aliphatic carbocycles. The van der Waals surface area contributed by atoms with Gasteiger partial charge in [-0.3, -0.25) is 9.69 Å². The van der Waals surface area contributed by atoms with Crippen LogP contribution in [0, 0.1) is 11.3 Å². The SMILES string of the molecule is CC(C)CN1CCC2(CC1)CC(C(=O)O)N(Cc1ccc(CNC(Cc3ncc[nH]3)c3nccn3C)cc1)C2. The van der Waals surface area contributed by atoms with Gasteiger partial charge >= 0.3 is 5.97 Å². The minimum Gasteiger partial charge on any atom is -0.480 e. The van der Waals surface area contributed by atoms with Crippen LogP contribution in [-0.2, 0) is 31.4 Å². The Morgan fingerprint density at radius 1 is 1.15 bits per heavy atom. The molecular weight excluding hydrogens is 490 g/mol. The Bertz CT molecular complexity index is 1200. The zero-order valence-electron chi connectivity index (χ0n) is 23.5. The number of carbonyl (C=O) groups is 1. The van der Waals surface area contributed by atoms with Crippen molar-refractivity contribution in [2.75, 3.05) is 26.2 Å². The predicted molar refractivity (Wildman–Crippen MR) is 151 cm³/mol. The summed E-state index contributed by atoms with van der Waals surface area (Å²) in [5, 5.41) is 13.7. The number of rotatable bonds is 11. The second-order valence-electron chi connectivity index (χ2n) is 12.0. The zero-order valence-corrected chi connectivity index (χ0v) is 23.5. The fourth-order valence-electron chi connectivity index (χ4n) is 6.45. The maximum absolute atomic E-state index is 12.2. The molecule has 9 nitrogen and oxygen atoms in total. The fourth-order valence-corrected chi connectivity index (χ4v) is 6.45. The summed E-state index contributed by atoms with van der Waals surface area (Å²) in [5.74, 6) is 1.88. The Morgan fingerprint density at radius 2 is 1.90 bits per heavy atom. The molecule has 1 spiro atoms. The van der Waals surface area contributed by atoms with E-state index in [4.69, 9.17) is 0 Å². The van der Waals surface area contributed by atoms with E-state index < -0.39 is 12.0 Å². The van der Waals surface area contributed by atoms with Crippen molar-refractivity contribution >= 4 is 5.97 Å². The number of aliphatic carboxylic acids is 1. The van der Waals surface area contributed by atoms with E-state index in [0.717, 1.165) is 69.1 Å². The van der Waals surface area contributed by atoms with Gasteiger partial charge in [-0.25, -0.2) is 9.97 Å². The molecule has 2 unspecified atom stereocenters. The van der Waals surface area contributed by atoms with Gasteiger partial charge in [0, 0.05) is 64.4 Å². The number of carboxylic acid groups (broad SMARTS) is 1. The first-order valence-corrected chi connectivity index (χ1v) is 14.3. The van der Waals surface area contributed by atoms with Crippen molar-refractivity contribution in [2.24, 2.45) is 18.4 Å². The van der Waals surface area contributed by atoms with Crippen LogP contribution in [0.15, 0.2) is 49.1 Å². The summed E-state index contributed by atoms with van der Waals surface area (Å²) in [6.45, 7) is 10.1. The van der Waals surface area contributed by atoms with Crippen LogP contribution in [0.4, 0.5) is 0 Å². The summed E-state index contributed by atoms with van der Waals surface area (Å²) in [7, 11) is 2.01. The van der Waals surface area contributed by atoms with Gasteiger partial charge in [0.05, 0.1) is 6.04 Å². The molecule has 2 aliphatic heterocycles. The lowest BCUT2D eigenvalue weighted by atomic mass is 9.76. The van der Waals surface area contributed by atoms with Crippen LogP contribution >= 0.6 is 0 Å². The van der Waals surface area contributed by atoms with Gasteiger partial charge in [-0.1, -0.05) is 38.1 Å². The summed E-state index contributed by atoms with van der Waals surface area (Å²) < 4.78 is 2.04. The molecule has 0 radical (unpaired) electrons. The van der Waals surface area contributed by atoms with Gasteiger partial charge < -0.3 is 24.9 Å². The monoisotopic (exact) mass is 533 g/mol. The van der Waals surface area contributed by atoms with Crippen molar-refractivity contribution in [1.82, 2.24) is 34.6 Å². The summed E-state index contributed by atoms with van der Waals surface area (Å²) in [4.78, 5) is 29.1. The zero-order chi connectivity index (χ0) is 27.4. The van der Waals surface area contributed by atoms with E-state index in [-0.39, 0.29) is 11.5 Å². The second kappa shape index (κ2) is 12.0. The average Bonchev–Trinajstić information content (AvgIpc) is 3.65. The smallest absolute Gasteiger partial charge is 0.320 e. The highest BCUT2D eigenvalue weighted by atomic mass is 16.4. The Hall–Kier alpha value is -3.01. The number of hydrogen-bond acceptors (Lipinski definition) is 6. The first-order chi connectivity index (χ1) is 18.8. The number of piperidine rings is 1. The van der Waals surface area contributed by atoms with E-state index in [9.17, 15) is 9.90 Å². The number of aryl methyl sites for hydroxylation is 1. The third kappa shape index (κ3) is 6.77. The Labute approximate surface area is 231 Å². The predicted octanol–water partition coefficient (Wildman–Crippen LogP) is 3.61. The number of likely N-dealkylation sites (tertiary alicyclic amines) is 2. The Kier molecular flexibility index (Phi) is 8.49.